The van der Waals surface area contributed by atoms with Gasteiger partial charge in [-0.25, -0.2) is 4.39 Å². The summed E-state index contributed by atoms with van der Waals surface area (Å²) in [6, 6.07) is 4.05. The molecule has 0 saturated carbocycles. The third kappa shape index (κ3) is 2.04. The Morgan fingerprint density at radius 3 is 2.87 bits per heavy atom. The van der Waals surface area contributed by atoms with Crippen LogP contribution in [0.25, 0.3) is 0 Å². The molecule has 0 spiro atoms. The number of nitrogen functional groups attached to an aromatic ring is 1. The molecule has 0 radical (unpaired) electrons. The van der Waals surface area contributed by atoms with E-state index in [2.05, 4.69) is 10.1 Å². The average Bonchev–Trinajstić information content (AvgIpc) is 2.56. The van der Waals surface area contributed by atoms with Crippen molar-refractivity contribution in [2.24, 2.45) is 7.05 Å². The summed E-state index contributed by atoms with van der Waals surface area (Å²) < 4.78 is 19.5. The molecule has 5 nitrogen and oxygen atoms in total. The zero-order valence-electron chi connectivity index (χ0n) is 8.01. The Kier molecular flexibility index (Phi) is 2.24. The molecule has 0 amide bonds. The SMILES string of the molecule is Cn1cnc(Oc2ccc(F)cc2N)n1. The Labute approximate surface area is 85.3 Å². The van der Waals surface area contributed by atoms with Crippen molar-refractivity contribution in [3.63, 3.8) is 0 Å². The molecule has 0 unspecified atom stereocenters. The van der Waals surface area contributed by atoms with E-state index in [9.17, 15) is 4.39 Å². The van der Waals surface area contributed by atoms with Crippen molar-refractivity contribution in [2.75, 3.05) is 5.73 Å². The normalized spacial score (nSPS) is 10.3. The van der Waals surface area contributed by atoms with Crippen molar-refractivity contribution in [1.82, 2.24) is 14.8 Å². The van der Waals surface area contributed by atoms with E-state index in [1.807, 2.05) is 0 Å². The predicted octanol–water partition coefficient (Wildman–Crippen LogP) is 1.33. The quantitative estimate of drug-likeness (QED) is 0.756. The number of halogens is 1. The Morgan fingerprint density at radius 2 is 2.27 bits per heavy atom. The van der Waals surface area contributed by atoms with Crippen molar-refractivity contribution in [1.29, 1.82) is 0 Å². The van der Waals surface area contributed by atoms with Crippen LogP contribution in [0, 0.1) is 5.82 Å². The third-order valence-corrected chi connectivity index (χ3v) is 1.75. The Balaban J connectivity index is 2.24. The molecule has 0 fully saturated rings. The average molecular weight is 208 g/mol. The number of aromatic nitrogens is 3. The molecular weight excluding hydrogens is 199 g/mol. The third-order valence-electron chi connectivity index (χ3n) is 1.75. The number of rotatable bonds is 2. The molecule has 6 heteroatoms. The van der Waals surface area contributed by atoms with Crippen molar-refractivity contribution in [3.05, 3.63) is 30.3 Å². The van der Waals surface area contributed by atoms with E-state index in [4.69, 9.17) is 10.5 Å². The molecule has 0 aliphatic carbocycles. The lowest BCUT2D eigenvalue weighted by molar-refractivity contribution is 0.440. The molecule has 2 N–H and O–H groups in total. The lowest BCUT2D eigenvalue weighted by atomic mass is 10.3. The van der Waals surface area contributed by atoms with Gasteiger partial charge in [-0.05, 0) is 12.1 Å². The van der Waals surface area contributed by atoms with Gasteiger partial charge in [0.25, 0.3) is 0 Å². The van der Waals surface area contributed by atoms with E-state index in [1.165, 1.54) is 29.2 Å². The highest BCUT2D eigenvalue weighted by molar-refractivity contribution is 5.53. The van der Waals surface area contributed by atoms with Crippen molar-refractivity contribution in [3.8, 4) is 11.8 Å². The summed E-state index contributed by atoms with van der Waals surface area (Å²) in [6.45, 7) is 0. The maximum Gasteiger partial charge on any atom is 0.341 e. The van der Waals surface area contributed by atoms with Crippen molar-refractivity contribution < 1.29 is 9.13 Å². The van der Waals surface area contributed by atoms with Crippen LogP contribution in [0.1, 0.15) is 0 Å². The standard InChI is InChI=1S/C9H9FN4O/c1-14-5-12-9(13-14)15-8-3-2-6(10)4-7(8)11/h2-5H,11H2,1H3. The largest absolute Gasteiger partial charge is 0.421 e. The summed E-state index contributed by atoms with van der Waals surface area (Å²) in [7, 11) is 1.72. The van der Waals surface area contributed by atoms with Gasteiger partial charge in [0, 0.05) is 13.1 Å². The van der Waals surface area contributed by atoms with Crippen LogP contribution in [0.15, 0.2) is 24.5 Å². The zero-order chi connectivity index (χ0) is 10.8. The minimum Gasteiger partial charge on any atom is -0.421 e. The van der Waals surface area contributed by atoms with Crippen LogP contribution in [0.2, 0.25) is 0 Å². The summed E-state index contributed by atoms with van der Waals surface area (Å²) >= 11 is 0. The minimum absolute atomic E-state index is 0.177. The zero-order valence-corrected chi connectivity index (χ0v) is 8.01. The smallest absolute Gasteiger partial charge is 0.341 e. The van der Waals surface area contributed by atoms with Crippen LogP contribution in [-0.2, 0) is 7.05 Å². The molecule has 1 heterocycles. The Morgan fingerprint density at radius 1 is 1.47 bits per heavy atom. The molecule has 1 aromatic heterocycles. The van der Waals surface area contributed by atoms with Crippen molar-refractivity contribution >= 4 is 5.69 Å². The van der Waals surface area contributed by atoms with Crippen LogP contribution in [0.4, 0.5) is 10.1 Å². The lowest BCUT2D eigenvalue weighted by Gasteiger charge is -2.03. The van der Waals surface area contributed by atoms with E-state index in [0.717, 1.165) is 0 Å². The second-order valence-electron chi connectivity index (χ2n) is 2.99. The summed E-state index contributed by atoms with van der Waals surface area (Å²) in [5.41, 5.74) is 5.76. The number of anilines is 1. The molecule has 0 aliphatic rings. The van der Waals surface area contributed by atoms with Gasteiger partial charge in [-0.3, -0.25) is 4.68 Å². The summed E-state index contributed by atoms with van der Waals surface area (Å²) in [6.07, 6.45) is 1.50. The Bertz CT molecular complexity index is 483. The second kappa shape index (κ2) is 3.56. The van der Waals surface area contributed by atoms with Crippen molar-refractivity contribution in [2.45, 2.75) is 0 Å². The number of hydrogen-bond donors (Lipinski definition) is 1. The van der Waals surface area contributed by atoms with Gasteiger partial charge in [0.1, 0.15) is 12.1 Å². The molecule has 0 bridgehead atoms. The van der Waals surface area contributed by atoms with Gasteiger partial charge in [-0.15, -0.1) is 5.10 Å². The molecule has 1 aromatic carbocycles. The van der Waals surface area contributed by atoms with Gasteiger partial charge >= 0.3 is 6.01 Å². The number of nitrogens with zero attached hydrogens (tertiary/aromatic N) is 3. The first-order chi connectivity index (χ1) is 7.15. The first kappa shape index (κ1) is 9.45. The summed E-state index contributed by atoms with van der Waals surface area (Å²) in [5, 5.41) is 3.90. The van der Waals surface area contributed by atoms with Crippen LogP contribution in [0.5, 0.6) is 11.8 Å². The van der Waals surface area contributed by atoms with E-state index in [0.29, 0.717) is 5.75 Å². The number of benzene rings is 1. The van der Waals surface area contributed by atoms with Gasteiger partial charge in [0.05, 0.1) is 5.69 Å². The lowest BCUT2D eigenvalue weighted by Crippen LogP contribution is -1.95. The fourth-order valence-corrected chi connectivity index (χ4v) is 1.08. The highest BCUT2D eigenvalue weighted by atomic mass is 19.1. The maximum absolute atomic E-state index is 12.7. The molecule has 0 saturated heterocycles. The number of nitrogens with two attached hydrogens (primary N) is 1. The van der Waals surface area contributed by atoms with Gasteiger partial charge in [-0.2, -0.15) is 4.98 Å². The first-order valence-electron chi connectivity index (χ1n) is 4.23. The maximum atomic E-state index is 12.7. The molecule has 2 rings (SSSR count). The fourth-order valence-electron chi connectivity index (χ4n) is 1.08. The molecule has 15 heavy (non-hydrogen) atoms. The molecule has 2 aromatic rings. The van der Waals surface area contributed by atoms with Crippen LogP contribution in [-0.4, -0.2) is 14.8 Å². The topological polar surface area (TPSA) is 66.0 Å². The van der Waals surface area contributed by atoms with Gasteiger partial charge in [-0.1, -0.05) is 0 Å². The van der Waals surface area contributed by atoms with E-state index >= 15 is 0 Å². The van der Waals surface area contributed by atoms with Crippen LogP contribution < -0.4 is 10.5 Å². The van der Waals surface area contributed by atoms with Crippen LogP contribution in [0.3, 0.4) is 0 Å². The highest BCUT2D eigenvalue weighted by Gasteiger charge is 2.06. The van der Waals surface area contributed by atoms with Gasteiger partial charge in [0.15, 0.2) is 5.75 Å². The number of ether oxygens (including phenoxy) is 1. The first-order valence-corrected chi connectivity index (χ1v) is 4.23. The van der Waals surface area contributed by atoms with Gasteiger partial charge in [0.2, 0.25) is 0 Å². The van der Waals surface area contributed by atoms with Crippen LogP contribution >= 0.6 is 0 Å². The highest BCUT2D eigenvalue weighted by Crippen LogP contribution is 2.25. The summed E-state index contributed by atoms with van der Waals surface area (Å²) in [5.74, 6) is -0.0727. The molecule has 0 atom stereocenters. The van der Waals surface area contributed by atoms with E-state index in [-0.39, 0.29) is 11.7 Å². The number of aryl methyl sites for hydroxylation is 1. The monoisotopic (exact) mass is 208 g/mol. The molecular formula is C9H9FN4O. The molecule has 78 valence electrons. The van der Waals surface area contributed by atoms with E-state index < -0.39 is 5.82 Å². The Hall–Kier alpha value is -2.11. The summed E-state index contributed by atoms with van der Waals surface area (Å²) in [4.78, 5) is 3.85. The minimum atomic E-state index is -0.408. The van der Waals surface area contributed by atoms with E-state index in [1.54, 1.807) is 7.05 Å². The van der Waals surface area contributed by atoms with Gasteiger partial charge < -0.3 is 10.5 Å². The number of hydrogen-bond acceptors (Lipinski definition) is 4. The second-order valence-corrected chi connectivity index (χ2v) is 2.99. The molecule has 0 aliphatic heterocycles. The fraction of sp³-hybridized carbons (Fsp3) is 0.111. The predicted molar refractivity (Wildman–Crippen MR) is 51.9 cm³/mol.